The summed E-state index contributed by atoms with van der Waals surface area (Å²) in [5.74, 6) is 6.28. The number of amides is 1. The molecule has 5 aromatic rings. The molecule has 4 aromatic heterocycles. The van der Waals surface area contributed by atoms with Gasteiger partial charge < -0.3 is 4.90 Å². The highest BCUT2D eigenvalue weighted by Gasteiger charge is 2.27. The summed E-state index contributed by atoms with van der Waals surface area (Å²) in [7, 11) is 1.80. The number of nitrogens with one attached hydrogen (secondary N) is 1. The Morgan fingerprint density at radius 3 is 2.73 bits per heavy atom. The van der Waals surface area contributed by atoms with E-state index in [0.717, 1.165) is 5.56 Å². The predicted molar refractivity (Wildman–Crippen MR) is 183 cm³/mol. The van der Waals surface area contributed by atoms with Crippen LogP contribution in [0.3, 0.4) is 0 Å². The highest BCUT2D eigenvalue weighted by Crippen LogP contribution is 2.36. The monoisotopic (exact) mass is 702 g/mol. The van der Waals surface area contributed by atoms with Gasteiger partial charge in [-0.05, 0) is 44.0 Å². The van der Waals surface area contributed by atoms with Gasteiger partial charge in [0.2, 0.25) is 0 Å². The van der Waals surface area contributed by atoms with Gasteiger partial charge in [-0.15, -0.1) is 11.3 Å². The molecule has 15 heteroatoms. The van der Waals surface area contributed by atoms with Crippen molar-refractivity contribution in [1.29, 1.82) is 5.26 Å². The number of piperidine rings is 1. The number of anilines is 1. The molecule has 0 radical (unpaired) electrons. The number of pyridine rings is 2. The fourth-order valence-corrected chi connectivity index (χ4v) is 7.36. The summed E-state index contributed by atoms with van der Waals surface area (Å²) in [6.07, 6.45) is 1.87. The molecule has 1 aliphatic rings. The van der Waals surface area contributed by atoms with Gasteiger partial charge in [0.1, 0.15) is 23.3 Å². The average Bonchev–Trinajstić information content (AvgIpc) is 3.53. The van der Waals surface area contributed by atoms with Crippen molar-refractivity contribution in [2.24, 2.45) is 0 Å². The Hall–Kier alpha value is -4.99. The molecule has 1 aromatic carbocycles. The van der Waals surface area contributed by atoms with Crippen molar-refractivity contribution in [2.45, 2.75) is 38.8 Å². The summed E-state index contributed by atoms with van der Waals surface area (Å²) in [6.45, 7) is 2.38. The zero-order chi connectivity index (χ0) is 34.8. The second kappa shape index (κ2) is 14.2. The Balaban J connectivity index is 1.33. The second-order valence-electron chi connectivity index (χ2n) is 11.5. The zero-order valence-electron chi connectivity index (χ0n) is 26.4. The molecule has 0 saturated carbocycles. The minimum atomic E-state index is -2.39. The molecule has 6 rings (SSSR count). The largest absolute Gasteiger partial charge is 0.355 e. The van der Waals surface area contributed by atoms with E-state index in [-0.39, 0.29) is 35.6 Å². The molecule has 0 bridgehead atoms. The molecule has 49 heavy (non-hydrogen) atoms. The van der Waals surface area contributed by atoms with Crippen molar-refractivity contribution in [3.63, 3.8) is 0 Å². The van der Waals surface area contributed by atoms with Crippen LogP contribution in [0.5, 0.6) is 0 Å². The number of hydroxylamine groups is 1. The number of carbonyl (C=O) groups is 1. The highest BCUT2D eigenvalue weighted by atomic mass is 35.5. The normalized spacial score (nSPS) is 13.8. The summed E-state index contributed by atoms with van der Waals surface area (Å²) in [4.78, 5) is 43.1. The third-order valence-electron chi connectivity index (χ3n) is 8.65. The van der Waals surface area contributed by atoms with E-state index in [1.807, 2.05) is 4.90 Å². The standard InChI is InChI=1S/C34H29ClF2N8O3S/c1-19-41-27-16-40-32(43(2)22-8-12-44(13-9-22)17-28(36)37)25(15-38)29(27)34(47)45(19)11-3-4-20-5-6-21(35)14-24(20)23-7-10-39-30-26(33(46)42-48)18-49-31(23)30/h5-7,10,14,16,18,22,28,48H,8-9,11-13,17H2,1-2H3,(H,42,46). The molecule has 11 nitrogen and oxygen atoms in total. The summed E-state index contributed by atoms with van der Waals surface area (Å²) in [5, 5.41) is 21.6. The molecule has 250 valence electrons. The second-order valence-corrected chi connectivity index (χ2v) is 12.8. The fraction of sp³-hybridized carbons (Fsp3) is 0.294. The van der Waals surface area contributed by atoms with Crippen LogP contribution < -0.4 is 15.9 Å². The van der Waals surface area contributed by atoms with Crippen LogP contribution in [-0.4, -0.2) is 74.7 Å². The van der Waals surface area contributed by atoms with E-state index in [4.69, 9.17) is 16.8 Å². The van der Waals surface area contributed by atoms with Crippen LogP contribution in [0.2, 0.25) is 5.02 Å². The van der Waals surface area contributed by atoms with Crippen molar-refractivity contribution in [3.05, 3.63) is 79.9 Å². The maximum atomic E-state index is 13.9. The number of hydrogen-bond acceptors (Lipinski definition) is 10. The number of fused-ring (bicyclic) bond motifs is 2. The van der Waals surface area contributed by atoms with Crippen LogP contribution in [0.4, 0.5) is 14.6 Å². The van der Waals surface area contributed by atoms with Crippen LogP contribution in [0.1, 0.15) is 40.2 Å². The van der Waals surface area contributed by atoms with E-state index in [2.05, 4.69) is 32.9 Å². The van der Waals surface area contributed by atoms with E-state index in [1.54, 1.807) is 60.2 Å². The Kier molecular flexibility index (Phi) is 9.85. The SMILES string of the molecule is Cc1nc2cnc(N(C)C3CCN(CC(F)F)CC3)c(C#N)c2c(=O)n1CC#Cc1ccc(Cl)cc1-c1ccnc2c(C(=O)NO)csc12. The first-order valence-corrected chi connectivity index (χ1v) is 16.5. The zero-order valence-corrected chi connectivity index (χ0v) is 27.9. The van der Waals surface area contributed by atoms with Crippen molar-refractivity contribution in [1.82, 2.24) is 29.9 Å². The number of nitrogens with zero attached hydrogens (tertiary/aromatic N) is 7. The molecule has 1 saturated heterocycles. The van der Waals surface area contributed by atoms with Crippen molar-refractivity contribution >= 4 is 55.8 Å². The smallest absolute Gasteiger partial charge is 0.277 e. The van der Waals surface area contributed by atoms with Crippen LogP contribution >= 0.6 is 22.9 Å². The highest BCUT2D eigenvalue weighted by molar-refractivity contribution is 7.18. The van der Waals surface area contributed by atoms with E-state index < -0.39 is 17.9 Å². The van der Waals surface area contributed by atoms with Crippen molar-refractivity contribution in [2.75, 3.05) is 31.6 Å². The third-order valence-corrected chi connectivity index (χ3v) is 9.89. The van der Waals surface area contributed by atoms with E-state index in [0.29, 0.717) is 69.5 Å². The van der Waals surface area contributed by atoms with E-state index in [9.17, 15) is 23.6 Å². The number of likely N-dealkylation sites (tertiary alicyclic amines) is 1. The molecule has 1 amide bonds. The predicted octanol–water partition coefficient (Wildman–Crippen LogP) is 5.24. The van der Waals surface area contributed by atoms with Gasteiger partial charge in [-0.1, -0.05) is 23.4 Å². The lowest BCUT2D eigenvalue weighted by Crippen LogP contribution is -2.45. The maximum absolute atomic E-state index is 13.9. The van der Waals surface area contributed by atoms with Crippen LogP contribution in [0, 0.1) is 30.1 Å². The van der Waals surface area contributed by atoms with Crippen molar-refractivity contribution in [3.8, 4) is 29.0 Å². The molecule has 5 heterocycles. The van der Waals surface area contributed by atoms with Gasteiger partial charge in [0.15, 0.2) is 0 Å². The summed E-state index contributed by atoms with van der Waals surface area (Å²) in [5.41, 5.74) is 4.29. The first kappa shape index (κ1) is 33.9. The first-order valence-electron chi connectivity index (χ1n) is 15.2. The Morgan fingerprint density at radius 1 is 1.24 bits per heavy atom. The Morgan fingerprint density at radius 2 is 2.02 bits per heavy atom. The molecular formula is C34H29ClF2N8O3S. The van der Waals surface area contributed by atoms with Gasteiger partial charge in [-0.25, -0.2) is 24.2 Å². The van der Waals surface area contributed by atoms with E-state index >= 15 is 0 Å². The molecule has 0 atom stereocenters. The van der Waals surface area contributed by atoms with E-state index in [1.165, 1.54) is 22.1 Å². The lowest BCUT2D eigenvalue weighted by molar-refractivity contribution is 0.0708. The summed E-state index contributed by atoms with van der Waals surface area (Å²) >= 11 is 7.68. The number of alkyl halides is 2. The number of halogens is 3. The molecule has 1 fully saturated rings. The molecule has 0 unspecified atom stereocenters. The number of nitriles is 1. The number of hydrogen-bond donors (Lipinski definition) is 2. The molecule has 0 aliphatic carbocycles. The Bertz CT molecular complexity index is 2250. The third kappa shape index (κ3) is 6.69. The van der Waals surface area contributed by atoms with Crippen LogP contribution in [-0.2, 0) is 6.54 Å². The van der Waals surface area contributed by atoms with Gasteiger partial charge in [-0.3, -0.25) is 29.2 Å². The van der Waals surface area contributed by atoms with Crippen molar-refractivity contribution < 1.29 is 18.8 Å². The molecule has 2 N–H and O–H groups in total. The number of aryl methyl sites for hydroxylation is 1. The van der Waals surface area contributed by atoms with Gasteiger partial charge >= 0.3 is 0 Å². The molecule has 1 aliphatic heterocycles. The van der Waals surface area contributed by atoms with Crippen LogP contribution in [0.25, 0.3) is 32.2 Å². The lowest BCUT2D eigenvalue weighted by Gasteiger charge is -2.37. The number of carbonyl (C=O) groups excluding carboxylic acids is 1. The number of aromatic nitrogens is 4. The summed E-state index contributed by atoms with van der Waals surface area (Å²) < 4.78 is 27.8. The molecular weight excluding hydrogens is 674 g/mol. The number of benzene rings is 1. The Labute approximate surface area is 288 Å². The van der Waals surface area contributed by atoms with Gasteiger partial charge in [0.25, 0.3) is 17.9 Å². The van der Waals surface area contributed by atoms with Gasteiger partial charge in [0.05, 0.1) is 46.0 Å². The van der Waals surface area contributed by atoms with Gasteiger partial charge in [0, 0.05) is 59.5 Å². The quantitative estimate of drug-likeness (QED) is 0.132. The van der Waals surface area contributed by atoms with Crippen LogP contribution in [0.15, 0.2) is 46.8 Å². The minimum absolute atomic E-state index is 0.0256. The van der Waals surface area contributed by atoms with Gasteiger partial charge in [-0.2, -0.15) is 5.26 Å². The molecule has 0 spiro atoms. The first-order chi connectivity index (χ1) is 23.6. The lowest BCUT2D eigenvalue weighted by atomic mass is 10.00. The summed E-state index contributed by atoms with van der Waals surface area (Å²) in [6, 6.07) is 9.13. The number of rotatable bonds is 7. The topological polar surface area (TPSA) is 140 Å². The minimum Gasteiger partial charge on any atom is -0.355 e. The maximum Gasteiger partial charge on any atom is 0.277 e. The average molecular weight is 703 g/mol. The number of thiophene rings is 1. The fourth-order valence-electron chi connectivity index (χ4n) is 6.15.